The van der Waals surface area contributed by atoms with Crippen LogP contribution in [0.5, 0.6) is 0 Å². The minimum absolute atomic E-state index is 0. The van der Waals surface area contributed by atoms with Crippen molar-refractivity contribution in [1.82, 2.24) is 4.72 Å². The van der Waals surface area contributed by atoms with Gasteiger partial charge in [0.2, 0.25) is 10.0 Å². The zero-order valence-corrected chi connectivity index (χ0v) is 11.9. The van der Waals surface area contributed by atoms with Crippen molar-refractivity contribution in [2.24, 2.45) is 5.73 Å². The second-order valence-corrected chi connectivity index (χ2v) is 5.58. The first-order valence-corrected chi connectivity index (χ1v) is 6.65. The number of alkyl halides is 3. The van der Waals surface area contributed by atoms with Crippen molar-refractivity contribution in [2.75, 3.05) is 6.54 Å². The van der Waals surface area contributed by atoms with Crippen LogP contribution in [0, 0.1) is 5.82 Å². The van der Waals surface area contributed by atoms with Crippen LogP contribution in [0.25, 0.3) is 0 Å². The topological polar surface area (TPSA) is 72.2 Å². The lowest BCUT2D eigenvalue weighted by atomic mass is 10.2. The van der Waals surface area contributed by atoms with E-state index >= 15 is 0 Å². The van der Waals surface area contributed by atoms with E-state index in [4.69, 9.17) is 5.73 Å². The standard InChI is InChI=1S/C10H12F4N2O2S.ClH/c1-6(5-15)16-19(17,18)9-4-7(10(12,13)14)2-3-8(9)11;/h2-4,6,16H,5,15H2,1H3;1H/t6-;/m0./s1. The summed E-state index contributed by atoms with van der Waals surface area (Å²) in [6.07, 6.45) is -4.75. The minimum atomic E-state index is -4.75. The second-order valence-electron chi connectivity index (χ2n) is 3.90. The third kappa shape index (κ3) is 4.58. The fourth-order valence-corrected chi connectivity index (χ4v) is 2.62. The first-order valence-electron chi connectivity index (χ1n) is 5.17. The monoisotopic (exact) mass is 336 g/mol. The average Bonchev–Trinajstić information content (AvgIpc) is 2.26. The molecule has 0 amide bonds. The second kappa shape index (κ2) is 6.70. The third-order valence-electron chi connectivity index (χ3n) is 2.26. The molecule has 1 aromatic rings. The normalized spacial score (nSPS) is 13.7. The molecule has 10 heteroatoms. The van der Waals surface area contributed by atoms with Crippen LogP contribution < -0.4 is 10.5 Å². The quantitative estimate of drug-likeness (QED) is 0.825. The SMILES string of the molecule is C[C@@H](CN)NS(=O)(=O)c1cc(C(F)(F)F)ccc1F.Cl. The van der Waals surface area contributed by atoms with Crippen LogP contribution in [0.4, 0.5) is 17.6 Å². The molecule has 1 aromatic carbocycles. The number of halogens is 5. The molecule has 3 N–H and O–H groups in total. The van der Waals surface area contributed by atoms with Crippen molar-refractivity contribution in [2.45, 2.75) is 24.0 Å². The van der Waals surface area contributed by atoms with Crippen LogP contribution >= 0.6 is 12.4 Å². The Morgan fingerprint density at radius 3 is 2.35 bits per heavy atom. The molecule has 0 radical (unpaired) electrons. The first kappa shape index (κ1) is 19.1. The Kier molecular flexibility index (Phi) is 6.40. The van der Waals surface area contributed by atoms with Crippen molar-refractivity contribution in [1.29, 1.82) is 0 Å². The molecule has 20 heavy (non-hydrogen) atoms. The van der Waals surface area contributed by atoms with Gasteiger partial charge in [-0.1, -0.05) is 0 Å². The van der Waals surface area contributed by atoms with E-state index in [1.54, 1.807) is 0 Å². The van der Waals surface area contributed by atoms with Crippen molar-refractivity contribution >= 4 is 22.4 Å². The molecule has 0 saturated heterocycles. The van der Waals surface area contributed by atoms with E-state index in [0.717, 1.165) is 0 Å². The Balaban J connectivity index is 0.00000361. The number of nitrogens with one attached hydrogen (secondary N) is 1. The lowest BCUT2D eigenvalue weighted by Gasteiger charge is -2.14. The molecule has 1 rings (SSSR count). The van der Waals surface area contributed by atoms with E-state index in [0.29, 0.717) is 12.1 Å². The Morgan fingerprint density at radius 1 is 1.35 bits per heavy atom. The molecule has 0 bridgehead atoms. The Bertz CT molecular complexity index is 563. The molecule has 1 atom stereocenters. The molecule has 0 aromatic heterocycles. The predicted molar refractivity (Wildman–Crippen MR) is 67.5 cm³/mol. The van der Waals surface area contributed by atoms with Gasteiger partial charge in [-0.25, -0.2) is 17.5 Å². The number of rotatable bonds is 4. The van der Waals surface area contributed by atoms with Crippen molar-refractivity contribution in [3.05, 3.63) is 29.6 Å². The predicted octanol–water partition coefficient (Wildman–Crippen LogP) is 1.89. The highest BCUT2D eigenvalue weighted by molar-refractivity contribution is 7.89. The van der Waals surface area contributed by atoms with E-state index < -0.39 is 38.5 Å². The van der Waals surface area contributed by atoms with Gasteiger partial charge in [0.25, 0.3) is 0 Å². The van der Waals surface area contributed by atoms with Crippen molar-refractivity contribution in [3.63, 3.8) is 0 Å². The molecule has 0 unspecified atom stereocenters. The van der Waals surface area contributed by atoms with E-state index in [9.17, 15) is 26.0 Å². The zero-order valence-electron chi connectivity index (χ0n) is 10.2. The summed E-state index contributed by atoms with van der Waals surface area (Å²) >= 11 is 0. The summed E-state index contributed by atoms with van der Waals surface area (Å²) in [5.41, 5.74) is 3.95. The minimum Gasteiger partial charge on any atom is -0.329 e. The third-order valence-corrected chi connectivity index (χ3v) is 3.86. The van der Waals surface area contributed by atoms with Gasteiger partial charge < -0.3 is 5.73 Å². The van der Waals surface area contributed by atoms with Gasteiger partial charge in [-0.3, -0.25) is 0 Å². The summed E-state index contributed by atoms with van der Waals surface area (Å²) in [4.78, 5) is -1.05. The maximum atomic E-state index is 13.4. The zero-order chi connectivity index (χ0) is 14.8. The van der Waals surface area contributed by atoms with Crippen LogP contribution in [0.15, 0.2) is 23.1 Å². The summed E-state index contributed by atoms with van der Waals surface area (Å²) in [5, 5.41) is 0. The molecule has 0 aliphatic carbocycles. The largest absolute Gasteiger partial charge is 0.416 e. The summed E-state index contributed by atoms with van der Waals surface area (Å²) in [7, 11) is -4.39. The molecule has 4 nitrogen and oxygen atoms in total. The fourth-order valence-electron chi connectivity index (χ4n) is 1.26. The number of nitrogens with two attached hydrogens (primary N) is 1. The summed E-state index contributed by atoms with van der Waals surface area (Å²) < 4.78 is 76.2. The number of benzene rings is 1. The number of sulfonamides is 1. The Morgan fingerprint density at radius 2 is 1.90 bits per heavy atom. The highest BCUT2D eigenvalue weighted by Gasteiger charge is 2.33. The molecular weight excluding hydrogens is 324 g/mol. The maximum absolute atomic E-state index is 13.4. The smallest absolute Gasteiger partial charge is 0.329 e. The van der Waals surface area contributed by atoms with Crippen LogP contribution in [0.1, 0.15) is 12.5 Å². The first-order chi connectivity index (χ1) is 8.58. The van der Waals surface area contributed by atoms with Crippen LogP contribution in [-0.4, -0.2) is 21.0 Å². The fraction of sp³-hybridized carbons (Fsp3) is 0.400. The highest BCUT2D eigenvalue weighted by atomic mass is 35.5. The lowest BCUT2D eigenvalue weighted by molar-refractivity contribution is -0.137. The summed E-state index contributed by atoms with van der Waals surface area (Å²) in [6.45, 7) is 1.34. The summed E-state index contributed by atoms with van der Waals surface area (Å²) in [6, 6.07) is 0.463. The molecule has 116 valence electrons. The molecule has 0 fully saturated rings. The van der Waals surface area contributed by atoms with E-state index in [2.05, 4.69) is 0 Å². The van der Waals surface area contributed by atoms with E-state index in [1.807, 2.05) is 4.72 Å². The van der Waals surface area contributed by atoms with Gasteiger partial charge in [-0.15, -0.1) is 12.4 Å². The molecule has 0 saturated carbocycles. The van der Waals surface area contributed by atoms with Gasteiger partial charge in [-0.05, 0) is 25.1 Å². The van der Waals surface area contributed by atoms with Gasteiger partial charge in [0.05, 0.1) is 5.56 Å². The molecule has 0 aliphatic heterocycles. The number of hydrogen-bond donors (Lipinski definition) is 2. The van der Waals surface area contributed by atoms with E-state index in [1.165, 1.54) is 6.92 Å². The van der Waals surface area contributed by atoms with Gasteiger partial charge in [0, 0.05) is 12.6 Å². The lowest BCUT2D eigenvalue weighted by Crippen LogP contribution is -2.38. The van der Waals surface area contributed by atoms with E-state index in [-0.39, 0.29) is 25.0 Å². The van der Waals surface area contributed by atoms with Gasteiger partial charge in [0.15, 0.2) is 0 Å². The molecule has 0 spiro atoms. The Hall–Kier alpha value is -0.900. The Labute approximate surface area is 119 Å². The summed E-state index contributed by atoms with van der Waals surface area (Å²) in [5.74, 6) is -1.26. The van der Waals surface area contributed by atoms with Gasteiger partial charge >= 0.3 is 6.18 Å². The van der Waals surface area contributed by atoms with Crippen molar-refractivity contribution < 1.29 is 26.0 Å². The maximum Gasteiger partial charge on any atom is 0.416 e. The van der Waals surface area contributed by atoms with Crippen LogP contribution in [0.2, 0.25) is 0 Å². The molecule has 0 heterocycles. The highest BCUT2D eigenvalue weighted by Crippen LogP contribution is 2.31. The van der Waals surface area contributed by atoms with Gasteiger partial charge in [-0.2, -0.15) is 13.2 Å². The number of hydrogen-bond acceptors (Lipinski definition) is 3. The molecular formula is C10H13ClF4N2O2S. The van der Waals surface area contributed by atoms with Crippen LogP contribution in [-0.2, 0) is 16.2 Å². The average molecular weight is 337 g/mol. The van der Waals surface area contributed by atoms with Gasteiger partial charge in [0.1, 0.15) is 10.7 Å². The van der Waals surface area contributed by atoms with Crippen molar-refractivity contribution in [3.8, 4) is 0 Å². The van der Waals surface area contributed by atoms with Crippen LogP contribution in [0.3, 0.4) is 0 Å². The molecule has 0 aliphatic rings.